The molecular formula is C13H20O3. The van der Waals surface area contributed by atoms with Crippen LogP contribution >= 0.6 is 0 Å². The van der Waals surface area contributed by atoms with Crippen molar-refractivity contribution in [3.63, 3.8) is 0 Å². The van der Waals surface area contributed by atoms with Gasteiger partial charge in [-0.25, -0.2) is 0 Å². The number of methoxy groups -OCH3 is 1. The van der Waals surface area contributed by atoms with E-state index in [-0.39, 0.29) is 17.7 Å². The normalized spacial score (nSPS) is 33.4. The molecule has 0 aromatic heterocycles. The molecule has 0 saturated heterocycles. The Labute approximate surface area is 96.9 Å². The minimum absolute atomic E-state index is 0.0237. The third-order valence-electron chi connectivity index (χ3n) is 3.13. The van der Waals surface area contributed by atoms with Gasteiger partial charge in [-0.3, -0.25) is 9.59 Å². The van der Waals surface area contributed by atoms with E-state index in [1.807, 2.05) is 13.8 Å². The Morgan fingerprint density at radius 1 is 1.31 bits per heavy atom. The molecule has 1 rings (SSSR count). The van der Waals surface area contributed by atoms with Crippen LogP contribution in [0.15, 0.2) is 12.2 Å². The summed E-state index contributed by atoms with van der Waals surface area (Å²) in [5.41, 5.74) is 0. The van der Waals surface area contributed by atoms with E-state index < -0.39 is 5.92 Å². The number of hydrogen-bond acceptors (Lipinski definition) is 3. The summed E-state index contributed by atoms with van der Waals surface area (Å²) >= 11 is 0. The number of Topliss-reactive ketones (excluding diaryl/α,β-unsaturated/α-hetero) is 1. The molecule has 1 aliphatic rings. The number of carbonyl (C=O) groups excluding carboxylic acids is 2. The number of ether oxygens (including phenoxy) is 1. The largest absolute Gasteiger partial charge is 0.468 e. The summed E-state index contributed by atoms with van der Waals surface area (Å²) in [7, 11) is 1.34. The van der Waals surface area contributed by atoms with E-state index in [1.165, 1.54) is 7.11 Å². The summed E-state index contributed by atoms with van der Waals surface area (Å²) in [6, 6.07) is 0. The van der Waals surface area contributed by atoms with Crippen LogP contribution in [-0.4, -0.2) is 18.9 Å². The van der Waals surface area contributed by atoms with Crippen molar-refractivity contribution in [2.45, 2.75) is 33.1 Å². The molecule has 0 spiro atoms. The number of allylic oxidation sites excluding steroid dienone is 2. The van der Waals surface area contributed by atoms with Gasteiger partial charge in [-0.1, -0.05) is 26.0 Å². The maximum absolute atomic E-state index is 12.0. The standard InChI is InChI=1S/C13H20O3/c1-9-6-4-5-7-10(2)12(11(14)8-9)13(15)16-3/h4-5,9-10,12H,6-8H2,1-3H3/b5-4-/t9-,10-,12?/m1/s1. The third kappa shape index (κ3) is 3.19. The Hall–Kier alpha value is -1.12. The zero-order chi connectivity index (χ0) is 12.1. The van der Waals surface area contributed by atoms with Gasteiger partial charge in [-0.15, -0.1) is 0 Å². The number of esters is 1. The molecule has 0 amide bonds. The van der Waals surface area contributed by atoms with Gasteiger partial charge in [0.05, 0.1) is 7.11 Å². The molecule has 0 N–H and O–H groups in total. The molecule has 0 saturated carbocycles. The second kappa shape index (κ2) is 5.83. The number of hydrogen-bond donors (Lipinski definition) is 0. The number of ketones is 1. The second-order valence-corrected chi connectivity index (χ2v) is 4.70. The predicted octanol–water partition coefficient (Wildman–Crippen LogP) is 2.36. The van der Waals surface area contributed by atoms with E-state index in [0.29, 0.717) is 12.3 Å². The fourth-order valence-corrected chi connectivity index (χ4v) is 2.14. The Bertz CT molecular complexity index is 294. The van der Waals surface area contributed by atoms with Crippen molar-refractivity contribution in [1.29, 1.82) is 0 Å². The Morgan fingerprint density at radius 3 is 2.56 bits per heavy atom. The molecule has 16 heavy (non-hydrogen) atoms. The summed E-state index contributed by atoms with van der Waals surface area (Å²) < 4.78 is 4.72. The van der Waals surface area contributed by atoms with Gasteiger partial charge < -0.3 is 4.74 Å². The van der Waals surface area contributed by atoms with E-state index in [1.54, 1.807) is 0 Å². The first kappa shape index (κ1) is 12.9. The van der Waals surface area contributed by atoms with E-state index >= 15 is 0 Å². The van der Waals surface area contributed by atoms with Crippen LogP contribution in [-0.2, 0) is 14.3 Å². The van der Waals surface area contributed by atoms with Crippen LogP contribution in [0.25, 0.3) is 0 Å². The van der Waals surface area contributed by atoms with Gasteiger partial charge >= 0.3 is 5.97 Å². The molecule has 1 unspecified atom stereocenters. The molecule has 3 heteroatoms. The lowest BCUT2D eigenvalue weighted by molar-refractivity contribution is -0.151. The monoisotopic (exact) mass is 224 g/mol. The molecule has 0 bridgehead atoms. The smallest absolute Gasteiger partial charge is 0.316 e. The van der Waals surface area contributed by atoms with E-state index in [9.17, 15) is 9.59 Å². The molecule has 0 aromatic rings. The van der Waals surface area contributed by atoms with E-state index in [2.05, 4.69) is 12.2 Å². The molecule has 0 aromatic carbocycles. The maximum atomic E-state index is 12.0. The summed E-state index contributed by atoms with van der Waals surface area (Å²) in [6.07, 6.45) is 6.31. The second-order valence-electron chi connectivity index (χ2n) is 4.70. The molecule has 90 valence electrons. The number of rotatable bonds is 1. The van der Waals surface area contributed by atoms with Gasteiger partial charge in [0.1, 0.15) is 11.7 Å². The maximum Gasteiger partial charge on any atom is 0.316 e. The van der Waals surface area contributed by atoms with Crippen LogP contribution in [0, 0.1) is 17.8 Å². The highest BCUT2D eigenvalue weighted by Gasteiger charge is 2.33. The van der Waals surface area contributed by atoms with Crippen LogP contribution in [0.5, 0.6) is 0 Å². The van der Waals surface area contributed by atoms with Crippen LogP contribution in [0.3, 0.4) is 0 Å². The Kier molecular flexibility index (Phi) is 4.71. The highest BCUT2D eigenvalue weighted by atomic mass is 16.5. The summed E-state index contributed by atoms with van der Waals surface area (Å²) in [4.78, 5) is 23.6. The first-order chi connectivity index (χ1) is 7.56. The van der Waals surface area contributed by atoms with Crippen LogP contribution in [0.2, 0.25) is 0 Å². The van der Waals surface area contributed by atoms with Crippen molar-refractivity contribution in [2.75, 3.05) is 7.11 Å². The zero-order valence-electron chi connectivity index (χ0n) is 10.2. The van der Waals surface area contributed by atoms with Gasteiger partial charge in [-0.05, 0) is 24.7 Å². The third-order valence-corrected chi connectivity index (χ3v) is 3.13. The SMILES string of the molecule is COC(=O)C1C(=O)C[C@H](C)C/C=C\C[C@H]1C. The van der Waals surface area contributed by atoms with Crippen LogP contribution in [0.4, 0.5) is 0 Å². The van der Waals surface area contributed by atoms with Crippen molar-refractivity contribution in [2.24, 2.45) is 17.8 Å². The summed E-state index contributed by atoms with van der Waals surface area (Å²) in [5.74, 6) is -0.617. The first-order valence-corrected chi connectivity index (χ1v) is 5.81. The highest BCUT2D eigenvalue weighted by Crippen LogP contribution is 2.25. The topological polar surface area (TPSA) is 43.4 Å². The van der Waals surface area contributed by atoms with Gasteiger partial charge in [0.25, 0.3) is 0 Å². The Morgan fingerprint density at radius 2 is 1.94 bits per heavy atom. The van der Waals surface area contributed by atoms with Crippen molar-refractivity contribution in [3.05, 3.63) is 12.2 Å². The first-order valence-electron chi connectivity index (χ1n) is 5.81. The summed E-state index contributed by atoms with van der Waals surface area (Å²) in [5, 5.41) is 0. The minimum atomic E-state index is -0.588. The average molecular weight is 224 g/mol. The van der Waals surface area contributed by atoms with Crippen molar-refractivity contribution < 1.29 is 14.3 Å². The molecule has 0 radical (unpaired) electrons. The molecule has 0 heterocycles. The quantitative estimate of drug-likeness (QED) is 0.390. The molecular weight excluding hydrogens is 204 g/mol. The lowest BCUT2D eigenvalue weighted by Crippen LogP contribution is -2.31. The number of carbonyl (C=O) groups is 2. The van der Waals surface area contributed by atoms with Gasteiger partial charge in [0, 0.05) is 6.42 Å². The Balaban J connectivity index is 2.86. The van der Waals surface area contributed by atoms with E-state index in [0.717, 1.165) is 12.8 Å². The zero-order valence-corrected chi connectivity index (χ0v) is 10.2. The molecule has 0 aliphatic heterocycles. The van der Waals surface area contributed by atoms with Crippen molar-refractivity contribution in [3.8, 4) is 0 Å². The van der Waals surface area contributed by atoms with Crippen LogP contribution < -0.4 is 0 Å². The molecule has 3 nitrogen and oxygen atoms in total. The lowest BCUT2D eigenvalue weighted by atomic mass is 9.85. The van der Waals surface area contributed by atoms with Gasteiger partial charge in [-0.2, -0.15) is 0 Å². The predicted molar refractivity (Wildman–Crippen MR) is 61.8 cm³/mol. The van der Waals surface area contributed by atoms with Crippen molar-refractivity contribution >= 4 is 11.8 Å². The minimum Gasteiger partial charge on any atom is -0.468 e. The fourth-order valence-electron chi connectivity index (χ4n) is 2.14. The fraction of sp³-hybridized carbons (Fsp3) is 0.692. The lowest BCUT2D eigenvalue weighted by Gasteiger charge is -2.19. The van der Waals surface area contributed by atoms with Crippen LogP contribution in [0.1, 0.15) is 33.1 Å². The molecule has 0 fully saturated rings. The van der Waals surface area contributed by atoms with E-state index in [4.69, 9.17) is 4.74 Å². The van der Waals surface area contributed by atoms with Gasteiger partial charge in [0.15, 0.2) is 0 Å². The average Bonchev–Trinajstić information content (AvgIpc) is 2.28. The molecule has 3 atom stereocenters. The summed E-state index contributed by atoms with van der Waals surface area (Å²) in [6.45, 7) is 3.96. The molecule has 1 aliphatic carbocycles. The van der Waals surface area contributed by atoms with Crippen molar-refractivity contribution in [1.82, 2.24) is 0 Å². The van der Waals surface area contributed by atoms with Gasteiger partial charge in [0.2, 0.25) is 0 Å². The highest BCUT2D eigenvalue weighted by molar-refractivity contribution is 5.99.